The Balaban J connectivity index is 1.33. The number of oxazole rings is 1. The summed E-state index contributed by atoms with van der Waals surface area (Å²) in [6.07, 6.45) is 0.931. The van der Waals surface area contributed by atoms with Crippen LogP contribution in [-0.4, -0.2) is 66.0 Å². The van der Waals surface area contributed by atoms with Crippen LogP contribution in [0.25, 0.3) is 11.1 Å². The summed E-state index contributed by atoms with van der Waals surface area (Å²) in [5, 5.41) is 3.20. The van der Waals surface area contributed by atoms with E-state index in [1.54, 1.807) is 17.9 Å². The van der Waals surface area contributed by atoms with Crippen molar-refractivity contribution in [1.29, 1.82) is 0 Å². The standard InChI is InChI=1S/C19H23N3O6S/c1-2-26-19(25)22-9-7-13(8-10-22)20-16(23)11-27-17(24)12-29-18-21-14-5-3-4-6-15(14)28-18/h3-6,13H,2,7-12H2,1H3,(H,20,23). The minimum atomic E-state index is -0.524. The van der Waals surface area contributed by atoms with Gasteiger partial charge in [-0.05, 0) is 31.9 Å². The molecule has 0 bridgehead atoms. The molecule has 1 aliphatic rings. The maximum Gasteiger partial charge on any atom is 0.409 e. The number of nitrogens with zero attached hydrogens (tertiary/aromatic N) is 2. The van der Waals surface area contributed by atoms with Crippen molar-refractivity contribution in [1.82, 2.24) is 15.2 Å². The first kappa shape index (κ1) is 21.0. The number of hydrogen-bond donors (Lipinski definition) is 1. The van der Waals surface area contributed by atoms with Gasteiger partial charge in [-0.15, -0.1) is 0 Å². The van der Waals surface area contributed by atoms with Gasteiger partial charge >= 0.3 is 12.1 Å². The number of piperidine rings is 1. The van der Waals surface area contributed by atoms with Gasteiger partial charge in [0.25, 0.3) is 11.1 Å². The second kappa shape index (κ2) is 10.1. The number of rotatable bonds is 7. The molecule has 1 saturated heterocycles. The third-order valence-corrected chi connectivity index (χ3v) is 5.14. The predicted molar refractivity (Wildman–Crippen MR) is 105 cm³/mol. The van der Waals surface area contributed by atoms with Crippen molar-refractivity contribution in [2.75, 3.05) is 32.1 Å². The van der Waals surface area contributed by atoms with E-state index in [4.69, 9.17) is 13.9 Å². The van der Waals surface area contributed by atoms with Gasteiger partial charge in [0, 0.05) is 19.1 Å². The number of carbonyl (C=O) groups is 3. The monoisotopic (exact) mass is 421 g/mol. The summed E-state index contributed by atoms with van der Waals surface area (Å²) < 4.78 is 15.5. The van der Waals surface area contributed by atoms with Crippen LogP contribution in [0.2, 0.25) is 0 Å². The Kier molecular flexibility index (Phi) is 7.34. The van der Waals surface area contributed by atoms with Crippen LogP contribution in [0.1, 0.15) is 19.8 Å². The highest BCUT2D eigenvalue weighted by Crippen LogP contribution is 2.23. The zero-order valence-corrected chi connectivity index (χ0v) is 16.9. The number of carbonyl (C=O) groups excluding carboxylic acids is 3. The number of hydrogen-bond acceptors (Lipinski definition) is 8. The molecule has 29 heavy (non-hydrogen) atoms. The predicted octanol–water partition coefficient (Wildman–Crippen LogP) is 2.20. The van der Waals surface area contributed by atoms with E-state index in [0.29, 0.717) is 43.3 Å². The zero-order chi connectivity index (χ0) is 20.6. The Morgan fingerprint density at radius 3 is 2.72 bits per heavy atom. The summed E-state index contributed by atoms with van der Waals surface area (Å²) in [6.45, 7) is 2.80. The van der Waals surface area contributed by atoms with Crippen molar-refractivity contribution in [3.63, 3.8) is 0 Å². The molecule has 1 aliphatic heterocycles. The second-order valence-corrected chi connectivity index (χ2v) is 7.35. The number of nitrogens with one attached hydrogen (secondary N) is 1. The number of likely N-dealkylation sites (tertiary alicyclic amines) is 1. The fourth-order valence-corrected chi connectivity index (χ4v) is 3.55. The molecule has 0 atom stereocenters. The highest BCUT2D eigenvalue weighted by atomic mass is 32.2. The Labute approximate surface area is 172 Å². The number of benzene rings is 1. The Morgan fingerprint density at radius 2 is 2.00 bits per heavy atom. The molecular weight excluding hydrogens is 398 g/mol. The van der Waals surface area contributed by atoms with Crippen LogP contribution >= 0.6 is 11.8 Å². The van der Waals surface area contributed by atoms with Crippen LogP contribution in [0.3, 0.4) is 0 Å². The van der Waals surface area contributed by atoms with Gasteiger partial charge in [0.15, 0.2) is 12.2 Å². The van der Waals surface area contributed by atoms with Crippen molar-refractivity contribution in [3.05, 3.63) is 24.3 Å². The fraction of sp³-hybridized carbons (Fsp3) is 0.474. The van der Waals surface area contributed by atoms with Crippen molar-refractivity contribution in [2.45, 2.75) is 31.0 Å². The molecule has 0 aliphatic carbocycles. The van der Waals surface area contributed by atoms with E-state index >= 15 is 0 Å². The van der Waals surface area contributed by atoms with Gasteiger partial charge in [0.05, 0.1) is 6.61 Å². The molecule has 10 heteroatoms. The molecule has 2 heterocycles. The summed E-state index contributed by atoms with van der Waals surface area (Å²) in [6, 6.07) is 7.26. The topological polar surface area (TPSA) is 111 Å². The van der Waals surface area contributed by atoms with E-state index in [9.17, 15) is 14.4 Å². The van der Waals surface area contributed by atoms with Crippen LogP contribution in [-0.2, 0) is 19.1 Å². The van der Waals surface area contributed by atoms with Gasteiger partial charge in [-0.2, -0.15) is 0 Å². The summed E-state index contributed by atoms with van der Waals surface area (Å²) in [4.78, 5) is 41.4. The van der Waals surface area contributed by atoms with Crippen LogP contribution in [0.4, 0.5) is 4.79 Å². The quantitative estimate of drug-likeness (QED) is 0.535. The lowest BCUT2D eigenvalue weighted by atomic mass is 10.1. The minimum absolute atomic E-state index is 0.00195. The maximum atomic E-state index is 12.0. The number of aromatic nitrogens is 1. The first-order valence-corrected chi connectivity index (χ1v) is 10.4. The van der Waals surface area contributed by atoms with E-state index in [1.165, 1.54) is 0 Å². The molecule has 0 radical (unpaired) electrons. The molecule has 1 fully saturated rings. The molecule has 2 aromatic rings. The van der Waals surface area contributed by atoms with Crippen LogP contribution in [0.15, 0.2) is 33.9 Å². The van der Waals surface area contributed by atoms with Crippen molar-refractivity contribution in [3.8, 4) is 0 Å². The summed E-state index contributed by atoms with van der Waals surface area (Å²) >= 11 is 1.12. The number of para-hydroxylation sites is 2. The highest BCUT2D eigenvalue weighted by Gasteiger charge is 2.24. The lowest BCUT2D eigenvalue weighted by Gasteiger charge is -2.31. The van der Waals surface area contributed by atoms with Crippen molar-refractivity contribution in [2.24, 2.45) is 0 Å². The smallest absolute Gasteiger partial charge is 0.409 e. The summed E-state index contributed by atoms with van der Waals surface area (Å²) in [5.74, 6) is -0.887. The van der Waals surface area contributed by atoms with Gasteiger partial charge in [0.2, 0.25) is 0 Å². The fourth-order valence-electron chi connectivity index (χ4n) is 2.91. The van der Waals surface area contributed by atoms with E-state index < -0.39 is 5.97 Å². The molecule has 1 aromatic heterocycles. The normalized spacial score (nSPS) is 14.6. The number of fused-ring (bicyclic) bond motifs is 1. The Morgan fingerprint density at radius 1 is 1.24 bits per heavy atom. The van der Waals surface area contributed by atoms with Gasteiger partial charge in [-0.3, -0.25) is 9.59 Å². The van der Waals surface area contributed by atoms with Crippen molar-refractivity contribution >= 4 is 40.8 Å². The molecule has 0 unspecified atom stereocenters. The molecule has 9 nitrogen and oxygen atoms in total. The molecule has 156 valence electrons. The Hall–Kier alpha value is -2.75. The number of esters is 1. The lowest BCUT2D eigenvalue weighted by Crippen LogP contribution is -2.47. The SMILES string of the molecule is CCOC(=O)N1CCC(NC(=O)COC(=O)CSc2nc3ccccc3o2)CC1. The zero-order valence-electron chi connectivity index (χ0n) is 16.1. The van der Waals surface area contributed by atoms with Gasteiger partial charge < -0.3 is 24.1 Å². The minimum Gasteiger partial charge on any atom is -0.455 e. The Bertz CT molecular complexity index is 830. The molecule has 0 spiro atoms. The van der Waals surface area contributed by atoms with Gasteiger partial charge in [-0.1, -0.05) is 23.9 Å². The van der Waals surface area contributed by atoms with E-state index in [-0.39, 0.29) is 30.4 Å². The average molecular weight is 421 g/mol. The van der Waals surface area contributed by atoms with E-state index in [2.05, 4.69) is 10.3 Å². The molecule has 1 aromatic carbocycles. The highest BCUT2D eigenvalue weighted by molar-refractivity contribution is 7.99. The van der Waals surface area contributed by atoms with Gasteiger partial charge in [0.1, 0.15) is 11.3 Å². The van der Waals surface area contributed by atoms with Crippen LogP contribution in [0.5, 0.6) is 0 Å². The lowest BCUT2D eigenvalue weighted by molar-refractivity contribution is -0.146. The summed E-state index contributed by atoms with van der Waals surface area (Å²) in [5.41, 5.74) is 1.37. The molecular formula is C19H23N3O6S. The number of amides is 2. The largest absolute Gasteiger partial charge is 0.455 e. The average Bonchev–Trinajstić information content (AvgIpc) is 3.14. The molecule has 3 rings (SSSR count). The van der Waals surface area contributed by atoms with E-state index in [1.807, 2.05) is 18.2 Å². The number of thioether (sulfide) groups is 1. The molecule has 0 saturated carbocycles. The van der Waals surface area contributed by atoms with Crippen LogP contribution in [0, 0.1) is 0 Å². The van der Waals surface area contributed by atoms with E-state index in [0.717, 1.165) is 17.3 Å². The first-order chi connectivity index (χ1) is 14.0. The van der Waals surface area contributed by atoms with Gasteiger partial charge in [-0.25, -0.2) is 9.78 Å². The number of ether oxygens (including phenoxy) is 2. The summed E-state index contributed by atoms with van der Waals surface area (Å²) in [7, 11) is 0. The van der Waals surface area contributed by atoms with Crippen LogP contribution < -0.4 is 5.32 Å². The third-order valence-electron chi connectivity index (χ3n) is 4.34. The third kappa shape index (κ3) is 6.11. The second-order valence-electron chi connectivity index (χ2n) is 6.42. The molecule has 1 N–H and O–H groups in total. The van der Waals surface area contributed by atoms with Crippen molar-refractivity contribution < 1.29 is 28.3 Å². The first-order valence-electron chi connectivity index (χ1n) is 9.40. The maximum absolute atomic E-state index is 12.0. The molecule has 2 amide bonds.